The van der Waals surface area contributed by atoms with Crippen molar-refractivity contribution in [2.45, 2.75) is 19.9 Å². The Morgan fingerprint density at radius 1 is 1.21 bits per heavy atom. The van der Waals surface area contributed by atoms with E-state index < -0.39 is 12.0 Å². The summed E-state index contributed by atoms with van der Waals surface area (Å²) in [4.78, 5) is 31.9. The van der Waals surface area contributed by atoms with Gasteiger partial charge in [-0.15, -0.1) is 0 Å². The molecule has 0 radical (unpaired) electrons. The summed E-state index contributed by atoms with van der Waals surface area (Å²) < 4.78 is 18.9. The Labute approximate surface area is 233 Å². The summed E-state index contributed by atoms with van der Waals surface area (Å²) in [6.45, 7) is 7.73. The van der Waals surface area contributed by atoms with Crippen molar-refractivity contribution in [2.75, 3.05) is 13.2 Å². The number of hydrogen-bond acceptors (Lipinski definition) is 7. The number of esters is 1. The molecule has 39 heavy (non-hydrogen) atoms. The lowest BCUT2D eigenvalue weighted by Gasteiger charge is -2.24. The van der Waals surface area contributed by atoms with Gasteiger partial charge in [0.05, 0.1) is 28.5 Å². The van der Waals surface area contributed by atoms with E-state index in [-0.39, 0.29) is 12.2 Å². The minimum atomic E-state index is -0.713. The number of hydrogen-bond donors (Lipinski definition) is 0. The molecule has 2 aromatic heterocycles. The number of halogens is 1. The van der Waals surface area contributed by atoms with Crippen LogP contribution in [0.2, 0.25) is 5.02 Å². The van der Waals surface area contributed by atoms with E-state index in [1.807, 2.05) is 36.4 Å². The molecule has 4 aromatic rings. The smallest absolute Gasteiger partial charge is 0.338 e. The predicted molar refractivity (Wildman–Crippen MR) is 152 cm³/mol. The molecule has 3 heterocycles. The number of carbonyl (C=O) groups excluding carboxylic acids is 1. The molecule has 0 saturated heterocycles. The maximum atomic E-state index is 13.8. The quantitative estimate of drug-likeness (QED) is 0.216. The Morgan fingerprint density at radius 3 is 2.72 bits per heavy atom. The first-order valence-electron chi connectivity index (χ1n) is 12.3. The highest BCUT2D eigenvalue weighted by atomic mass is 35.5. The summed E-state index contributed by atoms with van der Waals surface area (Å²) in [5.74, 6) is 1.28. The van der Waals surface area contributed by atoms with E-state index in [1.165, 1.54) is 15.9 Å². The molecule has 5 rings (SSSR count). The lowest BCUT2D eigenvalue weighted by atomic mass is 9.96. The van der Waals surface area contributed by atoms with Crippen LogP contribution in [0.15, 0.2) is 98.8 Å². The summed E-state index contributed by atoms with van der Waals surface area (Å²) in [5, 5.41) is 0.604. The van der Waals surface area contributed by atoms with Gasteiger partial charge in [0.25, 0.3) is 5.56 Å². The summed E-state index contributed by atoms with van der Waals surface area (Å²) in [6.07, 6.45) is 3.35. The molecule has 0 N–H and O–H groups in total. The third-order valence-corrected chi connectivity index (χ3v) is 7.31. The Bertz CT molecular complexity index is 1760. The number of aromatic nitrogens is 1. The maximum absolute atomic E-state index is 13.8. The fourth-order valence-electron chi connectivity index (χ4n) is 4.36. The molecule has 0 amide bonds. The first-order chi connectivity index (χ1) is 18.9. The Morgan fingerprint density at radius 2 is 2.00 bits per heavy atom. The van der Waals surface area contributed by atoms with Gasteiger partial charge in [-0.05, 0) is 55.8 Å². The highest BCUT2D eigenvalue weighted by molar-refractivity contribution is 7.07. The molecule has 198 valence electrons. The Balaban J connectivity index is 1.60. The minimum Gasteiger partial charge on any atom is -0.490 e. The first-order valence-corrected chi connectivity index (χ1v) is 13.5. The van der Waals surface area contributed by atoms with Crippen molar-refractivity contribution in [1.82, 2.24) is 4.57 Å². The van der Waals surface area contributed by atoms with E-state index in [4.69, 9.17) is 25.5 Å². The van der Waals surface area contributed by atoms with Crippen molar-refractivity contribution < 1.29 is 18.7 Å². The number of benzene rings is 2. The van der Waals surface area contributed by atoms with Gasteiger partial charge in [0.1, 0.15) is 23.9 Å². The number of fused-ring (bicyclic) bond motifs is 1. The molecule has 0 aliphatic carbocycles. The van der Waals surface area contributed by atoms with E-state index in [1.54, 1.807) is 50.3 Å². The third kappa shape index (κ3) is 5.39. The van der Waals surface area contributed by atoms with Crippen molar-refractivity contribution in [3.63, 3.8) is 0 Å². The van der Waals surface area contributed by atoms with Crippen LogP contribution in [0, 0.1) is 0 Å². The topological polar surface area (TPSA) is 83.0 Å². The summed E-state index contributed by atoms with van der Waals surface area (Å²) >= 11 is 7.35. The van der Waals surface area contributed by atoms with Crippen LogP contribution in [-0.4, -0.2) is 23.8 Å². The van der Waals surface area contributed by atoms with E-state index in [0.29, 0.717) is 49.5 Å². The van der Waals surface area contributed by atoms with Gasteiger partial charge in [-0.2, -0.15) is 0 Å². The summed E-state index contributed by atoms with van der Waals surface area (Å²) in [6, 6.07) is 17.5. The average molecular weight is 561 g/mol. The Hall–Kier alpha value is -4.14. The molecule has 0 unspecified atom stereocenters. The molecule has 1 atom stereocenters. The normalized spacial score (nSPS) is 15.1. The summed E-state index contributed by atoms with van der Waals surface area (Å²) in [7, 11) is 0. The highest BCUT2D eigenvalue weighted by Crippen LogP contribution is 2.32. The SMILES string of the molecule is C=CCOc1ccc([C@@H]2C(C(=O)OCC)=C(C)N=c3s/c(=C\c4ccc(-c5cccc(Cl)c5)o4)c(=O)n32)cc1. The van der Waals surface area contributed by atoms with Crippen LogP contribution in [0.1, 0.15) is 31.2 Å². The Kier molecular flexibility index (Phi) is 7.67. The second kappa shape index (κ2) is 11.3. The zero-order valence-electron chi connectivity index (χ0n) is 21.3. The number of thiazole rings is 1. The van der Waals surface area contributed by atoms with Crippen molar-refractivity contribution >= 4 is 35.0 Å². The molecule has 2 aromatic carbocycles. The van der Waals surface area contributed by atoms with Gasteiger partial charge in [0.15, 0.2) is 4.80 Å². The van der Waals surface area contributed by atoms with Crippen LogP contribution in [-0.2, 0) is 9.53 Å². The molecular weight excluding hydrogens is 536 g/mol. The van der Waals surface area contributed by atoms with Gasteiger partial charge in [0, 0.05) is 16.7 Å². The second-order valence-electron chi connectivity index (χ2n) is 8.68. The lowest BCUT2D eigenvalue weighted by molar-refractivity contribution is -0.139. The highest BCUT2D eigenvalue weighted by Gasteiger charge is 2.33. The standard InChI is InChI=1S/C30H25ClN2O5S/c1-4-15-37-22-11-9-19(10-12-22)27-26(29(35)36-5-2)18(3)32-30-33(27)28(34)25(39-30)17-23-13-14-24(38-23)20-7-6-8-21(31)16-20/h4,6-14,16-17,27H,1,5,15H2,2-3H3/b25-17-/t27-/m1/s1. The predicted octanol–water partition coefficient (Wildman–Crippen LogP) is 5.28. The van der Waals surface area contributed by atoms with Crippen LogP contribution in [0.3, 0.4) is 0 Å². The second-order valence-corrected chi connectivity index (χ2v) is 10.1. The molecule has 7 nitrogen and oxygen atoms in total. The zero-order chi connectivity index (χ0) is 27.5. The van der Waals surface area contributed by atoms with Crippen LogP contribution in [0.25, 0.3) is 17.4 Å². The molecule has 9 heteroatoms. The molecular formula is C30H25ClN2O5S. The van der Waals surface area contributed by atoms with E-state index in [0.717, 1.165) is 11.1 Å². The fourth-order valence-corrected chi connectivity index (χ4v) is 5.58. The lowest BCUT2D eigenvalue weighted by Crippen LogP contribution is -2.39. The largest absolute Gasteiger partial charge is 0.490 e. The van der Waals surface area contributed by atoms with Crippen LogP contribution in [0.4, 0.5) is 0 Å². The number of nitrogens with zero attached hydrogens (tertiary/aromatic N) is 2. The van der Waals surface area contributed by atoms with Crippen molar-refractivity contribution in [2.24, 2.45) is 4.99 Å². The van der Waals surface area contributed by atoms with E-state index >= 15 is 0 Å². The van der Waals surface area contributed by atoms with Gasteiger partial charge in [-0.25, -0.2) is 9.79 Å². The number of ether oxygens (including phenoxy) is 2. The molecule has 0 saturated carbocycles. The van der Waals surface area contributed by atoms with Crippen LogP contribution < -0.4 is 19.6 Å². The summed E-state index contributed by atoms with van der Waals surface area (Å²) in [5.41, 5.74) is 2.09. The van der Waals surface area contributed by atoms with Gasteiger partial charge in [-0.3, -0.25) is 9.36 Å². The van der Waals surface area contributed by atoms with E-state index in [9.17, 15) is 9.59 Å². The first kappa shape index (κ1) is 26.5. The maximum Gasteiger partial charge on any atom is 0.338 e. The third-order valence-electron chi connectivity index (χ3n) is 6.09. The molecule has 0 spiro atoms. The van der Waals surface area contributed by atoms with Crippen molar-refractivity contribution in [1.29, 1.82) is 0 Å². The molecule has 0 bridgehead atoms. The van der Waals surface area contributed by atoms with Crippen LogP contribution >= 0.6 is 22.9 Å². The van der Waals surface area contributed by atoms with E-state index in [2.05, 4.69) is 11.6 Å². The molecule has 1 aliphatic rings. The number of allylic oxidation sites excluding steroid dienone is 1. The van der Waals surface area contributed by atoms with Crippen molar-refractivity contribution in [3.05, 3.63) is 121 Å². The monoisotopic (exact) mass is 560 g/mol. The van der Waals surface area contributed by atoms with Gasteiger partial charge in [0.2, 0.25) is 0 Å². The number of carbonyl (C=O) groups is 1. The minimum absolute atomic E-state index is 0.203. The van der Waals surface area contributed by atoms with Gasteiger partial charge < -0.3 is 13.9 Å². The van der Waals surface area contributed by atoms with Gasteiger partial charge in [-0.1, -0.05) is 59.9 Å². The van der Waals surface area contributed by atoms with Gasteiger partial charge >= 0.3 is 5.97 Å². The zero-order valence-corrected chi connectivity index (χ0v) is 22.9. The number of furan rings is 1. The average Bonchev–Trinajstić information content (AvgIpc) is 3.51. The number of rotatable bonds is 8. The van der Waals surface area contributed by atoms with Crippen molar-refractivity contribution in [3.8, 4) is 17.1 Å². The fraction of sp³-hybridized carbons (Fsp3) is 0.167. The van der Waals surface area contributed by atoms with Crippen LogP contribution in [0.5, 0.6) is 5.75 Å². The molecule has 0 fully saturated rings. The molecule has 1 aliphatic heterocycles.